The molecular formula is C20H24N2O3. The number of para-hydroxylation sites is 1. The van der Waals surface area contributed by atoms with Crippen molar-refractivity contribution in [2.75, 3.05) is 26.8 Å². The Labute approximate surface area is 147 Å². The molecule has 25 heavy (non-hydrogen) atoms. The molecule has 1 saturated heterocycles. The smallest absolute Gasteiger partial charge is 0.329 e. The third-order valence-electron chi connectivity index (χ3n) is 5.76. The molecule has 2 aliphatic heterocycles. The molecule has 132 valence electrons. The predicted octanol–water partition coefficient (Wildman–Crippen LogP) is 2.67. The zero-order chi connectivity index (χ0) is 17.6. The average molecular weight is 340 g/mol. The summed E-state index contributed by atoms with van der Waals surface area (Å²) in [5.74, 6) is -0.0401. The maximum atomic E-state index is 12.7. The Kier molecular flexibility index (Phi) is 4.13. The Morgan fingerprint density at radius 1 is 1.40 bits per heavy atom. The first-order valence-corrected chi connectivity index (χ1v) is 8.87. The molecule has 4 rings (SSSR count). The third kappa shape index (κ3) is 2.41. The Bertz CT molecular complexity index is 839. The van der Waals surface area contributed by atoms with E-state index in [4.69, 9.17) is 4.74 Å². The zero-order valence-corrected chi connectivity index (χ0v) is 14.7. The number of carbonyl (C=O) groups is 1. The van der Waals surface area contributed by atoms with Crippen LogP contribution in [0.5, 0.6) is 0 Å². The van der Waals surface area contributed by atoms with E-state index >= 15 is 0 Å². The van der Waals surface area contributed by atoms with E-state index in [0.29, 0.717) is 6.54 Å². The lowest BCUT2D eigenvalue weighted by molar-refractivity contribution is -0.147. The van der Waals surface area contributed by atoms with Crippen LogP contribution in [-0.2, 0) is 9.53 Å². The minimum Gasteiger partial charge on any atom is -0.467 e. The number of β-amino-alcohol motifs (C(OH)–C–C–N with tert-alkyl or cyclic N) is 1. The van der Waals surface area contributed by atoms with Crippen LogP contribution in [0.25, 0.3) is 10.9 Å². The molecule has 2 aromatic rings. The maximum Gasteiger partial charge on any atom is 0.329 e. The van der Waals surface area contributed by atoms with Crippen molar-refractivity contribution < 1.29 is 14.6 Å². The van der Waals surface area contributed by atoms with E-state index < -0.39 is 0 Å². The van der Waals surface area contributed by atoms with Gasteiger partial charge in [-0.3, -0.25) is 4.90 Å². The van der Waals surface area contributed by atoms with Crippen LogP contribution < -0.4 is 0 Å². The minimum atomic E-state index is -0.321. The molecule has 5 nitrogen and oxygen atoms in total. The number of carbonyl (C=O) groups excluding carboxylic acids is 1. The summed E-state index contributed by atoms with van der Waals surface area (Å²) in [6.07, 6.45) is 3.01. The van der Waals surface area contributed by atoms with Gasteiger partial charge in [0.15, 0.2) is 0 Å². The van der Waals surface area contributed by atoms with Crippen LogP contribution in [0, 0.1) is 5.92 Å². The molecule has 0 saturated carbocycles. The van der Waals surface area contributed by atoms with Crippen molar-refractivity contribution in [2.45, 2.75) is 25.4 Å². The minimum absolute atomic E-state index is 0.138. The topological polar surface area (TPSA) is 54.7 Å². The van der Waals surface area contributed by atoms with Crippen molar-refractivity contribution in [1.82, 2.24) is 9.47 Å². The first-order chi connectivity index (χ1) is 12.2. The van der Waals surface area contributed by atoms with Gasteiger partial charge in [-0.25, -0.2) is 4.79 Å². The summed E-state index contributed by atoms with van der Waals surface area (Å²) in [7, 11) is 1.47. The van der Waals surface area contributed by atoms with Crippen LogP contribution in [0.1, 0.15) is 31.1 Å². The number of ether oxygens (including phenoxy) is 1. The summed E-state index contributed by atoms with van der Waals surface area (Å²) in [6.45, 7) is 3.60. The molecule has 0 spiro atoms. The standard InChI is InChI=1S/C20H24N2O3/c1-3-13-12-21(8-9-23)17-11-15(13)19(20(24)25-2)22-16-7-5-4-6-14(16)10-18(17)22/h3-7,10,15,17,19,23H,8-9,11-12H2,1-2H3/b13-3-/t15-,17-,19-/m0/s1. The highest BCUT2D eigenvalue weighted by Gasteiger charge is 2.46. The normalized spacial score (nSPS) is 27.5. The number of hydrogen-bond donors (Lipinski definition) is 1. The molecule has 1 aromatic heterocycles. The average Bonchev–Trinajstić information content (AvgIpc) is 3.03. The molecule has 3 heterocycles. The molecule has 2 bridgehead atoms. The molecule has 2 aliphatic rings. The molecular weight excluding hydrogens is 316 g/mol. The maximum absolute atomic E-state index is 12.7. The van der Waals surface area contributed by atoms with Gasteiger partial charge in [0.25, 0.3) is 0 Å². The fourth-order valence-electron chi connectivity index (χ4n) is 4.65. The van der Waals surface area contributed by atoms with Gasteiger partial charge in [-0.05, 0) is 30.9 Å². The first kappa shape index (κ1) is 16.4. The molecule has 0 unspecified atom stereocenters. The Morgan fingerprint density at radius 2 is 2.20 bits per heavy atom. The number of allylic oxidation sites excluding steroid dienone is 1. The van der Waals surface area contributed by atoms with E-state index in [9.17, 15) is 9.90 Å². The number of hydrogen-bond acceptors (Lipinski definition) is 4. The monoisotopic (exact) mass is 340 g/mol. The second-order valence-corrected chi connectivity index (χ2v) is 6.88. The van der Waals surface area contributed by atoms with Gasteiger partial charge < -0.3 is 14.4 Å². The van der Waals surface area contributed by atoms with E-state index in [1.807, 2.05) is 19.1 Å². The zero-order valence-electron chi connectivity index (χ0n) is 14.7. The van der Waals surface area contributed by atoms with Gasteiger partial charge in [0, 0.05) is 30.2 Å². The summed E-state index contributed by atoms with van der Waals surface area (Å²) in [4.78, 5) is 15.0. The van der Waals surface area contributed by atoms with Crippen LogP contribution in [0.3, 0.4) is 0 Å². The summed E-state index contributed by atoms with van der Waals surface area (Å²) in [5.41, 5.74) is 3.48. The van der Waals surface area contributed by atoms with Crippen molar-refractivity contribution in [3.05, 3.63) is 47.7 Å². The van der Waals surface area contributed by atoms with Gasteiger partial charge in [0.2, 0.25) is 0 Å². The van der Waals surface area contributed by atoms with E-state index in [1.54, 1.807) is 0 Å². The van der Waals surface area contributed by atoms with Crippen molar-refractivity contribution in [3.63, 3.8) is 0 Å². The third-order valence-corrected chi connectivity index (χ3v) is 5.76. The molecule has 3 atom stereocenters. The number of fused-ring (bicyclic) bond motifs is 6. The van der Waals surface area contributed by atoms with E-state index in [2.05, 4.69) is 33.7 Å². The second kappa shape index (κ2) is 6.32. The lowest BCUT2D eigenvalue weighted by Crippen LogP contribution is -2.48. The molecule has 1 aromatic carbocycles. The number of rotatable bonds is 3. The van der Waals surface area contributed by atoms with Crippen molar-refractivity contribution >= 4 is 16.9 Å². The van der Waals surface area contributed by atoms with Gasteiger partial charge >= 0.3 is 5.97 Å². The van der Waals surface area contributed by atoms with Crippen molar-refractivity contribution in [3.8, 4) is 0 Å². The van der Waals surface area contributed by atoms with Gasteiger partial charge in [0.05, 0.1) is 19.8 Å². The Morgan fingerprint density at radius 3 is 2.92 bits per heavy atom. The lowest BCUT2D eigenvalue weighted by atomic mass is 9.77. The molecule has 1 N–H and O–H groups in total. The van der Waals surface area contributed by atoms with E-state index in [-0.39, 0.29) is 30.6 Å². The number of methoxy groups -OCH3 is 1. The van der Waals surface area contributed by atoms with Crippen molar-refractivity contribution in [1.29, 1.82) is 0 Å². The largest absolute Gasteiger partial charge is 0.467 e. The molecule has 0 radical (unpaired) electrons. The second-order valence-electron chi connectivity index (χ2n) is 6.88. The number of aliphatic hydroxyl groups excluding tert-OH is 1. The number of likely N-dealkylation sites (tertiary alicyclic amines) is 1. The van der Waals surface area contributed by atoms with Crippen LogP contribution >= 0.6 is 0 Å². The number of nitrogens with zero attached hydrogens (tertiary/aromatic N) is 2. The Balaban J connectivity index is 1.95. The molecule has 1 fully saturated rings. The number of aromatic nitrogens is 1. The van der Waals surface area contributed by atoms with Crippen LogP contribution in [0.4, 0.5) is 0 Å². The highest BCUT2D eigenvalue weighted by atomic mass is 16.5. The quantitative estimate of drug-likeness (QED) is 0.689. The summed E-state index contributed by atoms with van der Waals surface area (Å²) in [6, 6.07) is 10.3. The summed E-state index contributed by atoms with van der Waals surface area (Å²) in [5, 5.41) is 10.6. The number of benzene rings is 1. The highest BCUT2D eigenvalue weighted by Crippen LogP contribution is 2.49. The SMILES string of the molecule is C/C=C1/CN(CCO)[C@H]2C[C@@H]1[C@@H](C(=O)OC)n1c2cc2ccccc21. The van der Waals surface area contributed by atoms with Crippen LogP contribution in [0.2, 0.25) is 0 Å². The first-order valence-electron chi connectivity index (χ1n) is 8.87. The van der Waals surface area contributed by atoms with Gasteiger partial charge in [0.1, 0.15) is 6.04 Å². The van der Waals surface area contributed by atoms with E-state index in [1.165, 1.54) is 12.7 Å². The van der Waals surface area contributed by atoms with Crippen molar-refractivity contribution in [2.24, 2.45) is 5.92 Å². The van der Waals surface area contributed by atoms with Gasteiger partial charge in [-0.1, -0.05) is 29.8 Å². The Hall–Kier alpha value is -2.11. The number of esters is 1. The van der Waals surface area contributed by atoms with Gasteiger partial charge in [-0.2, -0.15) is 0 Å². The van der Waals surface area contributed by atoms with Gasteiger partial charge in [-0.15, -0.1) is 0 Å². The fourth-order valence-corrected chi connectivity index (χ4v) is 4.65. The highest BCUT2D eigenvalue weighted by molar-refractivity contribution is 5.85. The fraction of sp³-hybridized carbons (Fsp3) is 0.450. The lowest BCUT2D eigenvalue weighted by Gasteiger charge is -2.48. The van der Waals surface area contributed by atoms with Crippen LogP contribution in [-0.4, -0.2) is 47.3 Å². The summed E-state index contributed by atoms with van der Waals surface area (Å²) < 4.78 is 7.36. The number of piperidine rings is 1. The molecule has 0 aliphatic carbocycles. The number of aliphatic hydroxyl groups is 1. The van der Waals surface area contributed by atoms with E-state index in [0.717, 1.165) is 29.6 Å². The van der Waals surface area contributed by atoms with Crippen LogP contribution in [0.15, 0.2) is 42.0 Å². The summed E-state index contributed by atoms with van der Waals surface area (Å²) >= 11 is 0. The molecule has 0 amide bonds. The predicted molar refractivity (Wildman–Crippen MR) is 96.3 cm³/mol. The molecule has 5 heteroatoms.